The van der Waals surface area contributed by atoms with Crippen molar-refractivity contribution in [3.63, 3.8) is 0 Å². The third kappa shape index (κ3) is 2.49. The van der Waals surface area contributed by atoms with Gasteiger partial charge in [0.25, 0.3) is 5.12 Å². The molecule has 0 N–H and O–H groups in total. The van der Waals surface area contributed by atoms with E-state index < -0.39 is 15.0 Å². The predicted molar refractivity (Wildman–Crippen MR) is 71.1 cm³/mol. The van der Waals surface area contributed by atoms with Crippen molar-refractivity contribution in [3.8, 4) is 11.1 Å². The molecule has 92 valence electrons. The number of benzene rings is 2. The quantitative estimate of drug-likeness (QED) is 0.833. The lowest BCUT2D eigenvalue weighted by atomic mass is 10.0. The molecule has 0 unspecified atom stereocenters. The van der Waals surface area contributed by atoms with Crippen LogP contribution < -0.4 is 0 Å². The fraction of sp³-hybridized carbons (Fsp3) is 0.0714. The molecule has 0 aromatic heterocycles. The Morgan fingerprint density at radius 1 is 0.889 bits per heavy atom. The molecule has 0 aliphatic heterocycles. The molecule has 0 radical (unpaired) electrons. The zero-order chi connectivity index (χ0) is 13.2. The van der Waals surface area contributed by atoms with Crippen LogP contribution in [0.5, 0.6) is 0 Å². The Morgan fingerprint density at radius 2 is 1.44 bits per heavy atom. The Hall–Kier alpha value is -1.94. The van der Waals surface area contributed by atoms with Gasteiger partial charge in [-0.15, -0.1) is 0 Å². The molecular formula is C14H12O3S. The van der Waals surface area contributed by atoms with E-state index in [1.165, 1.54) is 6.07 Å². The Labute approximate surface area is 106 Å². The van der Waals surface area contributed by atoms with Crippen LogP contribution >= 0.6 is 0 Å². The van der Waals surface area contributed by atoms with Crippen molar-refractivity contribution in [2.24, 2.45) is 0 Å². The second kappa shape index (κ2) is 4.74. The molecule has 0 saturated heterocycles. The summed E-state index contributed by atoms with van der Waals surface area (Å²) < 4.78 is 22.7. The van der Waals surface area contributed by atoms with E-state index in [9.17, 15) is 13.2 Å². The molecule has 2 aromatic carbocycles. The molecular weight excluding hydrogens is 248 g/mol. The van der Waals surface area contributed by atoms with Gasteiger partial charge in [0.05, 0.1) is 0 Å². The van der Waals surface area contributed by atoms with Gasteiger partial charge >= 0.3 is 0 Å². The van der Waals surface area contributed by atoms with Gasteiger partial charge < -0.3 is 0 Å². The van der Waals surface area contributed by atoms with Gasteiger partial charge in [0.2, 0.25) is 9.84 Å². The zero-order valence-corrected chi connectivity index (χ0v) is 10.6. The van der Waals surface area contributed by atoms with Crippen LogP contribution in [-0.2, 0) is 9.84 Å². The van der Waals surface area contributed by atoms with Crippen molar-refractivity contribution >= 4 is 15.0 Å². The third-order valence-electron chi connectivity index (χ3n) is 2.57. The standard InChI is InChI=1S/C14H12O3S/c1-18(16,17)14(15)13-10-6-5-9-12(13)11-7-3-2-4-8-11/h2-10H,1H3. The van der Waals surface area contributed by atoms with Gasteiger partial charge in [-0.25, -0.2) is 8.42 Å². The second-order valence-corrected chi connectivity index (χ2v) is 5.89. The van der Waals surface area contributed by atoms with Crippen molar-refractivity contribution in [2.45, 2.75) is 0 Å². The fourth-order valence-corrected chi connectivity index (χ4v) is 2.31. The molecule has 0 spiro atoms. The van der Waals surface area contributed by atoms with E-state index >= 15 is 0 Å². The van der Waals surface area contributed by atoms with E-state index in [0.717, 1.165) is 11.8 Å². The number of hydrogen-bond donors (Lipinski definition) is 0. The van der Waals surface area contributed by atoms with Crippen molar-refractivity contribution < 1.29 is 13.2 Å². The maximum absolute atomic E-state index is 11.9. The number of sulfone groups is 1. The fourth-order valence-electron chi connectivity index (χ4n) is 1.73. The molecule has 3 nitrogen and oxygen atoms in total. The summed E-state index contributed by atoms with van der Waals surface area (Å²) in [6, 6.07) is 16.0. The van der Waals surface area contributed by atoms with Gasteiger partial charge in [-0.3, -0.25) is 4.79 Å². The van der Waals surface area contributed by atoms with Crippen LogP contribution in [-0.4, -0.2) is 19.8 Å². The molecule has 0 aliphatic carbocycles. The Bertz CT molecular complexity index is 673. The van der Waals surface area contributed by atoms with Crippen molar-refractivity contribution in [3.05, 3.63) is 60.2 Å². The molecule has 2 rings (SSSR count). The number of carbonyl (C=O) groups excluding carboxylic acids is 1. The van der Waals surface area contributed by atoms with Crippen LogP contribution in [0.25, 0.3) is 11.1 Å². The first-order valence-corrected chi connectivity index (χ1v) is 7.28. The molecule has 0 atom stereocenters. The molecule has 0 heterocycles. The van der Waals surface area contributed by atoms with Gasteiger partial charge in [0.15, 0.2) is 0 Å². The number of carbonyl (C=O) groups is 1. The molecule has 0 fully saturated rings. The highest BCUT2D eigenvalue weighted by Crippen LogP contribution is 2.24. The Kier molecular flexibility index (Phi) is 3.30. The maximum atomic E-state index is 11.9. The first-order valence-electron chi connectivity index (χ1n) is 5.39. The summed E-state index contributed by atoms with van der Waals surface area (Å²) in [5, 5.41) is -0.845. The molecule has 2 aromatic rings. The van der Waals surface area contributed by atoms with Crippen LogP contribution in [0.4, 0.5) is 0 Å². The van der Waals surface area contributed by atoms with Gasteiger partial charge in [-0.05, 0) is 17.2 Å². The SMILES string of the molecule is CS(=O)(=O)C(=O)c1ccccc1-c1ccccc1. The molecule has 0 amide bonds. The minimum absolute atomic E-state index is 0.214. The number of rotatable bonds is 2. The Morgan fingerprint density at radius 3 is 2.06 bits per heavy atom. The van der Waals surface area contributed by atoms with Crippen LogP contribution in [0, 0.1) is 0 Å². The summed E-state index contributed by atoms with van der Waals surface area (Å²) in [4.78, 5) is 11.9. The van der Waals surface area contributed by atoms with E-state index in [0.29, 0.717) is 5.56 Å². The largest absolute Gasteiger partial charge is 0.276 e. The Balaban J connectivity index is 2.61. The van der Waals surface area contributed by atoms with E-state index in [-0.39, 0.29) is 5.56 Å². The lowest BCUT2D eigenvalue weighted by Crippen LogP contribution is -2.13. The minimum atomic E-state index is -3.73. The normalized spacial score (nSPS) is 11.2. The summed E-state index contributed by atoms with van der Waals surface area (Å²) in [6.45, 7) is 0. The summed E-state index contributed by atoms with van der Waals surface area (Å²) in [6.07, 6.45) is 0.928. The monoisotopic (exact) mass is 260 g/mol. The summed E-state index contributed by atoms with van der Waals surface area (Å²) in [5.74, 6) is 0. The highest BCUT2D eigenvalue weighted by atomic mass is 32.2. The van der Waals surface area contributed by atoms with E-state index in [1.807, 2.05) is 30.3 Å². The lowest BCUT2D eigenvalue weighted by molar-refractivity contribution is 0.107. The van der Waals surface area contributed by atoms with Crippen LogP contribution in [0.15, 0.2) is 54.6 Å². The summed E-state index contributed by atoms with van der Waals surface area (Å²) in [5.41, 5.74) is 1.67. The summed E-state index contributed by atoms with van der Waals surface area (Å²) >= 11 is 0. The first-order chi connectivity index (χ1) is 8.50. The minimum Gasteiger partial charge on any atom is -0.276 e. The molecule has 0 aliphatic rings. The maximum Gasteiger partial charge on any atom is 0.276 e. The van der Waals surface area contributed by atoms with Gasteiger partial charge in [-0.1, -0.05) is 48.5 Å². The van der Waals surface area contributed by atoms with Crippen molar-refractivity contribution in [1.29, 1.82) is 0 Å². The molecule has 0 saturated carbocycles. The van der Waals surface area contributed by atoms with Gasteiger partial charge in [0, 0.05) is 11.8 Å². The second-order valence-electron chi connectivity index (χ2n) is 3.97. The topological polar surface area (TPSA) is 51.2 Å². The molecule has 0 bridgehead atoms. The smallest absolute Gasteiger partial charge is 0.276 e. The summed E-state index contributed by atoms with van der Waals surface area (Å²) in [7, 11) is -3.73. The van der Waals surface area contributed by atoms with E-state index in [2.05, 4.69) is 0 Å². The average Bonchev–Trinajstić information content (AvgIpc) is 2.38. The van der Waals surface area contributed by atoms with Gasteiger partial charge in [0.1, 0.15) is 0 Å². The highest BCUT2D eigenvalue weighted by Gasteiger charge is 2.21. The predicted octanol–water partition coefficient (Wildman–Crippen LogP) is 2.54. The van der Waals surface area contributed by atoms with Gasteiger partial charge in [-0.2, -0.15) is 0 Å². The van der Waals surface area contributed by atoms with Crippen LogP contribution in [0.3, 0.4) is 0 Å². The lowest BCUT2D eigenvalue weighted by Gasteiger charge is -2.07. The van der Waals surface area contributed by atoms with Crippen LogP contribution in [0.1, 0.15) is 10.4 Å². The molecule has 4 heteroatoms. The average molecular weight is 260 g/mol. The first kappa shape index (κ1) is 12.5. The van der Waals surface area contributed by atoms with E-state index in [4.69, 9.17) is 0 Å². The third-order valence-corrected chi connectivity index (χ3v) is 3.46. The van der Waals surface area contributed by atoms with Crippen molar-refractivity contribution in [1.82, 2.24) is 0 Å². The zero-order valence-electron chi connectivity index (χ0n) is 9.83. The highest BCUT2D eigenvalue weighted by molar-refractivity contribution is 8.06. The van der Waals surface area contributed by atoms with Crippen molar-refractivity contribution in [2.75, 3.05) is 6.26 Å². The molecule has 18 heavy (non-hydrogen) atoms. The number of hydrogen-bond acceptors (Lipinski definition) is 3. The van der Waals surface area contributed by atoms with E-state index in [1.54, 1.807) is 18.2 Å². The van der Waals surface area contributed by atoms with Crippen LogP contribution in [0.2, 0.25) is 0 Å².